The molecule has 1 unspecified atom stereocenters. The molecule has 0 radical (unpaired) electrons. The summed E-state index contributed by atoms with van der Waals surface area (Å²) < 4.78 is 24.0. The van der Waals surface area contributed by atoms with E-state index in [1.807, 2.05) is 15.5 Å². The van der Waals surface area contributed by atoms with Crippen LogP contribution in [0.15, 0.2) is 48.9 Å². The van der Waals surface area contributed by atoms with Crippen LogP contribution < -0.4 is 0 Å². The number of imidazole rings is 1. The quantitative estimate of drug-likeness (QED) is 0.217. The van der Waals surface area contributed by atoms with Crippen molar-refractivity contribution in [3.63, 3.8) is 0 Å². The molecule has 2 aliphatic rings. The Morgan fingerprint density at radius 1 is 1.05 bits per heavy atom. The number of carbonyl (C=O) groups excluding carboxylic acids is 3. The van der Waals surface area contributed by atoms with Crippen LogP contribution in [0.4, 0.5) is 9.18 Å². The average molecular weight is 532 g/mol. The monoisotopic (exact) mass is 531 g/mol. The number of pyridine rings is 1. The molecule has 0 saturated carbocycles. The number of ketones is 1. The van der Waals surface area contributed by atoms with Crippen molar-refractivity contribution in [1.29, 1.82) is 0 Å². The number of ether oxygens (including phenoxy) is 1. The van der Waals surface area contributed by atoms with E-state index in [1.165, 1.54) is 18.3 Å². The third kappa shape index (κ3) is 4.43. The maximum absolute atomic E-state index is 15.1. The van der Waals surface area contributed by atoms with Gasteiger partial charge in [0.25, 0.3) is 0 Å². The molecule has 5 heterocycles. The summed E-state index contributed by atoms with van der Waals surface area (Å²) in [5.41, 5.74) is 2.57. The van der Waals surface area contributed by atoms with E-state index in [0.29, 0.717) is 35.2 Å². The van der Waals surface area contributed by atoms with E-state index >= 15 is 4.39 Å². The number of fused-ring (bicyclic) bond motifs is 1. The first kappa shape index (κ1) is 25.1. The van der Waals surface area contributed by atoms with Crippen molar-refractivity contribution < 1.29 is 23.5 Å². The molecule has 9 nitrogen and oxygen atoms in total. The van der Waals surface area contributed by atoms with Crippen LogP contribution >= 0.6 is 0 Å². The Hall–Kier alpha value is -4.21. The number of piperidine rings is 1. The highest BCUT2D eigenvalue weighted by Crippen LogP contribution is 2.36. The van der Waals surface area contributed by atoms with Gasteiger partial charge in [-0.05, 0) is 61.6 Å². The second-order valence-corrected chi connectivity index (χ2v) is 10.1. The van der Waals surface area contributed by atoms with E-state index in [0.717, 1.165) is 37.9 Å². The first-order valence-electron chi connectivity index (χ1n) is 13.4. The van der Waals surface area contributed by atoms with Crippen LogP contribution in [-0.4, -0.2) is 67.8 Å². The third-order valence-corrected chi connectivity index (χ3v) is 7.68. The van der Waals surface area contributed by atoms with Crippen molar-refractivity contribution in [3.8, 4) is 0 Å². The van der Waals surface area contributed by atoms with Gasteiger partial charge < -0.3 is 19.1 Å². The van der Waals surface area contributed by atoms with Gasteiger partial charge in [0.15, 0.2) is 5.78 Å². The number of nitrogens with zero attached hydrogens (tertiary/aromatic N) is 5. The summed E-state index contributed by atoms with van der Waals surface area (Å²) in [7, 11) is 0. The number of rotatable bonds is 5. The number of hydrogen-bond acceptors (Lipinski definition) is 5. The second-order valence-electron chi connectivity index (χ2n) is 10.1. The molecule has 1 fully saturated rings. The Balaban J connectivity index is 1.43. The molecule has 202 valence electrons. The zero-order chi connectivity index (χ0) is 27.1. The molecule has 1 saturated heterocycles. The molecule has 0 spiro atoms. The van der Waals surface area contributed by atoms with Crippen LogP contribution in [0, 0.1) is 5.82 Å². The Bertz CT molecular complexity index is 1590. The molecular formula is C29H30FN5O4. The van der Waals surface area contributed by atoms with E-state index in [4.69, 9.17) is 4.74 Å². The van der Waals surface area contributed by atoms with Crippen LogP contribution in [0.3, 0.4) is 0 Å². The molecule has 0 bridgehead atoms. The third-order valence-electron chi connectivity index (χ3n) is 7.68. The van der Waals surface area contributed by atoms with Gasteiger partial charge in [0.1, 0.15) is 23.1 Å². The second kappa shape index (κ2) is 10.2. The SMILES string of the molecule is CCOC(=O)C(C(=O)c1cnc2ccccn12)c1cn2c3c(cc(F)cc13)CN(C(=O)N1CCCCC1)CC2. The van der Waals surface area contributed by atoms with Gasteiger partial charge in [0.2, 0.25) is 0 Å². The highest BCUT2D eigenvalue weighted by molar-refractivity contribution is 6.14. The number of amides is 2. The minimum Gasteiger partial charge on any atom is -0.465 e. The van der Waals surface area contributed by atoms with E-state index < -0.39 is 23.5 Å². The molecule has 1 atom stereocenters. The summed E-state index contributed by atoms with van der Waals surface area (Å²) in [6, 6.07) is 8.13. The van der Waals surface area contributed by atoms with Gasteiger partial charge in [0.05, 0.1) is 18.3 Å². The lowest BCUT2D eigenvalue weighted by Gasteiger charge is -2.32. The first-order valence-corrected chi connectivity index (χ1v) is 13.4. The number of esters is 1. The zero-order valence-electron chi connectivity index (χ0n) is 21.8. The smallest absolute Gasteiger partial charge is 0.321 e. The fourth-order valence-electron chi connectivity index (χ4n) is 5.87. The number of halogens is 1. The van der Waals surface area contributed by atoms with Crippen LogP contribution in [0.1, 0.15) is 53.7 Å². The summed E-state index contributed by atoms with van der Waals surface area (Å²) >= 11 is 0. The molecule has 0 N–H and O–H groups in total. The highest BCUT2D eigenvalue weighted by Gasteiger charge is 2.36. The van der Waals surface area contributed by atoms with Crippen LogP contribution in [0.2, 0.25) is 0 Å². The molecule has 0 aliphatic carbocycles. The molecule has 6 rings (SSSR count). The van der Waals surface area contributed by atoms with Gasteiger partial charge in [-0.3, -0.25) is 14.0 Å². The molecule has 39 heavy (non-hydrogen) atoms. The molecule has 1 aromatic carbocycles. The Morgan fingerprint density at radius 3 is 2.67 bits per heavy atom. The van der Waals surface area contributed by atoms with Crippen molar-refractivity contribution in [2.45, 2.75) is 45.2 Å². The number of likely N-dealkylation sites (tertiary alicyclic amines) is 1. The molecule has 4 aromatic rings. The molecule has 3 aromatic heterocycles. The maximum atomic E-state index is 15.1. The zero-order valence-corrected chi connectivity index (χ0v) is 21.8. The van der Waals surface area contributed by atoms with Gasteiger partial charge in [0, 0.05) is 50.5 Å². The largest absolute Gasteiger partial charge is 0.465 e. The fourth-order valence-corrected chi connectivity index (χ4v) is 5.87. The van der Waals surface area contributed by atoms with Gasteiger partial charge in [-0.1, -0.05) is 6.07 Å². The van der Waals surface area contributed by atoms with Gasteiger partial charge >= 0.3 is 12.0 Å². The Labute approximate surface area is 224 Å². The topological polar surface area (TPSA) is 89.1 Å². The predicted octanol–water partition coefficient (Wildman–Crippen LogP) is 4.38. The standard InChI is InChI=1S/C29H30FN5O4/c1-2-39-28(37)25(27(36)23-16-31-24-8-4-7-11-35(23)24)22-18-33-12-13-34(29(38)32-9-5-3-6-10-32)17-19-14-20(30)15-21(22)26(19)33/h4,7-8,11,14-16,18,25H,2-3,5-6,9-10,12-13,17H2,1H3. The average Bonchev–Trinajstić information content (AvgIpc) is 3.47. The van der Waals surface area contributed by atoms with Gasteiger partial charge in [-0.2, -0.15) is 0 Å². The summed E-state index contributed by atoms with van der Waals surface area (Å²) in [5, 5.41) is 0.470. The summed E-state index contributed by atoms with van der Waals surface area (Å²) in [6.07, 6.45) is 8.00. The Morgan fingerprint density at radius 2 is 1.87 bits per heavy atom. The minimum atomic E-state index is -1.30. The normalized spacial score (nSPS) is 16.4. The fraction of sp³-hybridized carbons (Fsp3) is 0.379. The van der Waals surface area contributed by atoms with E-state index in [2.05, 4.69) is 4.98 Å². The van der Waals surface area contributed by atoms with Crippen molar-refractivity contribution >= 4 is 34.3 Å². The summed E-state index contributed by atoms with van der Waals surface area (Å²) in [4.78, 5) is 48.4. The summed E-state index contributed by atoms with van der Waals surface area (Å²) in [5.74, 6) is -2.96. The lowest BCUT2D eigenvalue weighted by atomic mass is 9.92. The minimum absolute atomic E-state index is 0.0368. The molecule has 2 amide bonds. The summed E-state index contributed by atoms with van der Waals surface area (Å²) in [6.45, 7) is 4.38. The number of hydrogen-bond donors (Lipinski definition) is 0. The van der Waals surface area contributed by atoms with E-state index in [9.17, 15) is 14.4 Å². The Kier molecular flexibility index (Phi) is 6.54. The number of carbonyl (C=O) groups is 3. The first-order chi connectivity index (χ1) is 19.0. The van der Waals surface area contributed by atoms with E-state index in [1.54, 1.807) is 40.8 Å². The highest BCUT2D eigenvalue weighted by atomic mass is 19.1. The number of aromatic nitrogens is 3. The van der Waals surface area contributed by atoms with Gasteiger partial charge in [-0.25, -0.2) is 14.2 Å². The van der Waals surface area contributed by atoms with E-state index in [-0.39, 0.29) is 24.9 Å². The predicted molar refractivity (Wildman–Crippen MR) is 142 cm³/mol. The number of urea groups is 1. The lowest BCUT2D eigenvalue weighted by molar-refractivity contribution is -0.143. The lowest BCUT2D eigenvalue weighted by Crippen LogP contribution is -2.45. The van der Waals surface area contributed by atoms with Crippen LogP contribution in [0.5, 0.6) is 0 Å². The van der Waals surface area contributed by atoms with Crippen molar-refractivity contribution in [1.82, 2.24) is 23.8 Å². The van der Waals surface area contributed by atoms with Crippen molar-refractivity contribution in [3.05, 3.63) is 71.6 Å². The molecular weight excluding hydrogens is 501 g/mol. The van der Waals surface area contributed by atoms with Crippen molar-refractivity contribution in [2.24, 2.45) is 0 Å². The maximum Gasteiger partial charge on any atom is 0.321 e. The van der Waals surface area contributed by atoms with Crippen LogP contribution in [0.25, 0.3) is 16.6 Å². The molecule has 2 aliphatic heterocycles. The molecule has 10 heteroatoms. The number of Topliss-reactive ketones (excluding diaryl/α,β-unsaturated/α-hetero) is 1. The van der Waals surface area contributed by atoms with Crippen molar-refractivity contribution in [2.75, 3.05) is 26.2 Å². The van der Waals surface area contributed by atoms with Gasteiger partial charge in [-0.15, -0.1) is 0 Å². The number of benzene rings is 1. The van der Waals surface area contributed by atoms with Crippen LogP contribution in [-0.2, 0) is 22.6 Å².